The summed E-state index contributed by atoms with van der Waals surface area (Å²) >= 11 is 0. The Labute approximate surface area is 122 Å². The van der Waals surface area contributed by atoms with Gasteiger partial charge < -0.3 is 4.57 Å². The standard InChI is InChI=1S/C18H14FNO/c1-13(14-7-3-2-4-8-14)11-20-16-10-6-5-9-15(16)18(19)17(20)12-21/h2-10,12H,1,11H2. The summed E-state index contributed by atoms with van der Waals surface area (Å²) in [5, 5.41) is 0.459. The second kappa shape index (κ2) is 5.37. The molecule has 0 radical (unpaired) electrons. The van der Waals surface area contributed by atoms with Crippen molar-refractivity contribution in [3.05, 3.63) is 78.3 Å². The summed E-state index contributed by atoms with van der Waals surface area (Å²) in [5.74, 6) is -0.471. The lowest BCUT2D eigenvalue weighted by Gasteiger charge is -2.10. The van der Waals surface area contributed by atoms with E-state index in [0.29, 0.717) is 23.7 Å². The smallest absolute Gasteiger partial charge is 0.169 e. The minimum atomic E-state index is -0.471. The molecular formula is C18H14FNO. The van der Waals surface area contributed by atoms with Gasteiger partial charge in [-0.3, -0.25) is 4.79 Å². The molecule has 0 aliphatic rings. The van der Waals surface area contributed by atoms with Crippen LogP contribution in [0.3, 0.4) is 0 Å². The molecule has 3 rings (SSSR count). The van der Waals surface area contributed by atoms with E-state index >= 15 is 0 Å². The van der Waals surface area contributed by atoms with E-state index in [1.54, 1.807) is 16.7 Å². The van der Waals surface area contributed by atoms with Crippen LogP contribution in [0.4, 0.5) is 4.39 Å². The molecule has 0 unspecified atom stereocenters. The van der Waals surface area contributed by atoms with Crippen molar-refractivity contribution in [3.63, 3.8) is 0 Å². The topological polar surface area (TPSA) is 22.0 Å². The Morgan fingerprint density at radius 3 is 2.48 bits per heavy atom. The third-order valence-electron chi connectivity index (χ3n) is 3.59. The number of nitrogens with zero attached hydrogens (tertiary/aromatic N) is 1. The van der Waals surface area contributed by atoms with Gasteiger partial charge in [0.15, 0.2) is 12.1 Å². The van der Waals surface area contributed by atoms with Crippen molar-refractivity contribution < 1.29 is 9.18 Å². The first kappa shape index (κ1) is 13.3. The summed E-state index contributed by atoms with van der Waals surface area (Å²) in [7, 11) is 0. The number of hydrogen-bond acceptors (Lipinski definition) is 1. The van der Waals surface area contributed by atoms with Gasteiger partial charge in [-0.2, -0.15) is 0 Å². The quantitative estimate of drug-likeness (QED) is 0.652. The number of para-hydroxylation sites is 1. The zero-order valence-corrected chi connectivity index (χ0v) is 11.4. The van der Waals surface area contributed by atoms with Crippen molar-refractivity contribution in [2.75, 3.05) is 0 Å². The van der Waals surface area contributed by atoms with E-state index in [-0.39, 0.29) is 5.69 Å². The molecule has 0 saturated carbocycles. The number of fused-ring (bicyclic) bond motifs is 1. The van der Waals surface area contributed by atoms with Crippen LogP contribution in [0.1, 0.15) is 16.1 Å². The molecule has 0 spiro atoms. The zero-order valence-electron chi connectivity index (χ0n) is 11.4. The number of aldehydes is 1. The molecule has 0 fully saturated rings. The number of allylic oxidation sites excluding steroid dienone is 1. The molecule has 0 aliphatic carbocycles. The van der Waals surface area contributed by atoms with E-state index in [1.165, 1.54) is 0 Å². The Hall–Kier alpha value is -2.68. The van der Waals surface area contributed by atoms with Crippen LogP contribution in [-0.4, -0.2) is 10.9 Å². The fourth-order valence-corrected chi connectivity index (χ4v) is 2.52. The van der Waals surface area contributed by atoms with Gasteiger partial charge in [-0.1, -0.05) is 49.0 Å². The molecule has 0 bridgehead atoms. The third-order valence-corrected chi connectivity index (χ3v) is 3.59. The number of rotatable bonds is 4. The highest BCUT2D eigenvalue weighted by atomic mass is 19.1. The van der Waals surface area contributed by atoms with Gasteiger partial charge in [0.1, 0.15) is 5.69 Å². The zero-order chi connectivity index (χ0) is 14.8. The summed E-state index contributed by atoms with van der Waals surface area (Å²) < 4.78 is 15.9. The molecule has 0 N–H and O–H groups in total. The van der Waals surface area contributed by atoms with Crippen molar-refractivity contribution in [1.29, 1.82) is 0 Å². The van der Waals surface area contributed by atoms with Crippen LogP contribution in [0.25, 0.3) is 16.5 Å². The maximum absolute atomic E-state index is 14.3. The molecule has 3 heteroatoms. The number of aromatic nitrogens is 1. The molecule has 0 saturated heterocycles. The van der Waals surface area contributed by atoms with Crippen LogP contribution in [0.15, 0.2) is 61.2 Å². The monoisotopic (exact) mass is 279 g/mol. The SMILES string of the molecule is C=C(Cn1c(C=O)c(F)c2ccccc21)c1ccccc1. The van der Waals surface area contributed by atoms with Crippen LogP contribution < -0.4 is 0 Å². The molecule has 0 atom stereocenters. The Kier molecular flexibility index (Phi) is 3.40. The molecule has 3 aromatic rings. The first-order chi connectivity index (χ1) is 10.2. The van der Waals surface area contributed by atoms with E-state index in [9.17, 15) is 9.18 Å². The Morgan fingerprint density at radius 1 is 1.10 bits per heavy atom. The summed E-state index contributed by atoms with van der Waals surface area (Å²) in [5.41, 5.74) is 2.58. The molecule has 0 amide bonds. The van der Waals surface area contributed by atoms with Crippen molar-refractivity contribution >= 4 is 22.8 Å². The largest absolute Gasteiger partial charge is 0.331 e. The van der Waals surface area contributed by atoms with Crippen molar-refractivity contribution in [2.24, 2.45) is 0 Å². The van der Waals surface area contributed by atoms with Gasteiger partial charge in [0.25, 0.3) is 0 Å². The Balaban J connectivity index is 2.08. The molecule has 1 heterocycles. The van der Waals surface area contributed by atoms with Gasteiger partial charge in [0, 0.05) is 11.9 Å². The van der Waals surface area contributed by atoms with Crippen LogP contribution in [0.5, 0.6) is 0 Å². The van der Waals surface area contributed by atoms with Crippen LogP contribution in [-0.2, 0) is 6.54 Å². The van der Waals surface area contributed by atoms with E-state index in [1.807, 2.05) is 42.5 Å². The summed E-state index contributed by atoms with van der Waals surface area (Å²) in [6, 6.07) is 16.8. The summed E-state index contributed by atoms with van der Waals surface area (Å²) in [6.45, 7) is 4.43. The summed E-state index contributed by atoms with van der Waals surface area (Å²) in [6.07, 6.45) is 0.563. The van der Waals surface area contributed by atoms with E-state index in [2.05, 4.69) is 6.58 Å². The molecule has 104 valence electrons. The van der Waals surface area contributed by atoms with Crippen molar-refractivity contribution in [2.45, 2.75) is 6.54 Å². The average Bonchev–Trinajstić information content (AvgIpc) is 2.80. The van der Waals surface area contributed by atoms with Crippen molar-refractivity contribution in [3.8, 4) is 0 Å². The third kappa shape index (κ3) is 2.27. The second-order valence-corrected chi connectivity index (χ2v) is 4.89. The molecular weight excluding hydrogens is 265 g/mol. The molecule has 0 aliphatic heterocycles. The fourth-order valence-electron chi connectivity index (χ4n) is 2.52. The van der Waals surface area contributed by atoms with Gasteiger partial charge in [0.05, 0.1) is 5.52 Å². The highest BCUT2D eigenvalue weighted by Crippen LogP contribution is 2.26. The average molecular weight is 279 g/mol. The maximum atomic E-state index is 14.3. The molecule has 1 aromatic heterocycles. The van der Waals surface area contributed by atoms with E-state index in [4.69, 9.17) is 0 Å². The summed E-state index contributed by atoms with van der Waals surface area (Å²) in [4.78, 5) is 11.2. The Morgan fingerprint density at radius 2 is 1.76 bits per heavy atom. The van der Waals surface area contributed by atoms with E-state index < -0.39 is 5.82 Å². The minimum absolute atomic E-state index is 0.0632. The van der Waals surface area contributed by atoms with Crippen LogP contribution in [0, 0.1) is 5.82 Å². The number of carbonyl (C=O) groups is 1. The van der Waals surface area contributed by atoms with Crippen LogP contribution >= 0.6 is 0 Å². The fraction of sp³-hybridized carbons (Fsp3) is 0.0556. The molecule has 2 aromatic carbocycles. The van der Waals surface area contributed by atoms with E-state index in [0.717, 1.165) is 11.1 Å². The van der Waals surface area contributed by atoms with Gasteiger partial charge in [-0.05, 0) is 23.3 Å². The number of benzene rings is 2. The molecule has 2 nitrogen and oxygen atoms in total. The van der Waals surface area contributed by atoms with Gasteiger partial charge >= 0.3 is 0 Å². The van der Waals surface area contributed by atoms with Gasteiger partial charge in [-0.25, -0.2) is 4.39 Å². The second-order valence-electron chi connectivity index (χ2n) is 4.89. The lowest BCUT2D eigenvalue weighted by molar-refractivity contribution is 0.111. The number of carbonyl (C=O) groups excluding carboxylic acids is 1. The Bertz CT molecular complexity index is 818. The first-order valence-electron chi connectivity index (χ1n) is 6.67. The minimum Gasteiger partial charge on any atom is -0.331 e. The van der Waals surface area contributed by atoms with Crippen LogP contribution in [0.2, 0.25) is 0 Å². The van der Waals surface area contributed by atoms with Gasteiger partial charge in [0.2, 0.25) is 0 Å². The molecule has 21 heavy (non-hydrogen) atoms. The number of halogens is 1. The lowest BCUT2D eigenvalue weighted by atomic mass is 10.1. The number of hydrogen-bond donors (Lipinski definition) is 0. The normalized spacial score (nSPS) is 10.7. The predicted octanol–water partition coefficient (Wildman–Crippen LogP) is 4.31. The first-order valence-corrected chi connectivity index (χ1v) is 6.67. The van der Waals surface area contributed by atoms with Crippen molar-refractivity contribution in [1.82, 2.24) is 4.57 Å². The highest BCUT2D eigenvalue weighted by molar-refractivity contribution is 5.90. The highest BCUT2D eigenvalue weighted by Gasteiger charge is 2.16. The lowest BCUT2D eigenvalue weighted by Crippen LogP contribution is -2.04. The maximum Gasteiger partial charge on any atom is 0.169 e. The predicted molar refractivity (Wildman–Crippen MR) is 82.8 cm³/mol. The van der Waals surface area contributed by atoms with Gasteiger partial charge in [-0.15, -0.1) is 0 Å².